The molecule has 0 spiro atoms. The van der Waals surface area contributed by atoms with Crippen LogP contribution in [0.25, 0.3) is 0 Å². The van der Waals surface area contributed by atoms with E-state index >= 15 is 0 Å². The van der Waals surface area contributed by atoms with Gasteiger partial charge in [-0.25, -0.2) is 4.39 Å². The quantitative estimate of drug-likeness (QED) is 0.875. The molecule has 5 heteroatoms. The third kappa shape index (κ3) is 3.82. The predicted molar refractivity (Wildman–Crippen MR) is 85.3 cm³/mol. The average molecular weight is 306 g/mol. The highest BCUT2D eigenvalue weighted by molar-refractivity contribution is 7.09. The molecule has 21 heavy (non-hydrogen) atoms. The number of nitrogens with zero attached hydrogens (tertiary/aromatic N) is 1. The molecule has 1 amide bonds. The number of para-hydroxylation sites is 1. The number of carbonyl (C=O) groups is 1. The minimum absolute atomic E-state index is 0.179. The maximum Gasteiger partial charge on any atom is 0.256 e. The van der Waals surface area contributed by atoms with Crippen molar-refractivity contribution >= 4 is 22.9 Å². The first-order chi connectivity index (χ1) is 10.1. The Morgan fingerprint density at radius 2 is 2.14 bits per heavy atom. The van der Waals surface area contributed by atoms with Gasteiger partial charge in [-0.3, -0.25) is 4.79 Å². The number of rotatable bonds is 6. The van der Waals surface area contributed by atoms with E-state index < -0.39 is 0 Å². The molecule has 2 rings (SSSR count). The van der Waals surface area contributed by atoms with Crippen molar-refractivity contribution in [3.63, 3.8) is 0 Å². The van der Waals surface area contributed by atoms with E-state index in [2.05, 4.69) is 5.32 Å². The molecule has 3 nitrogen and oxygen atoms in total. The predicted octanol–water partition coefficient (Wildman–Crippen LogP) is 3.98. The molecule has 0 saturated heterocycles. The Morgan fingerprint density at radius 1 is 1.33 bits per heavy atom. The second-order valence-corrected chi connectivity index (χ2v) is 5.86. The summed E-state index contributed by atoms with van der Waals surface area (Å²) in [4.78, 5) is 15.2. The summed E-state index contributed by atoms with van der Waals surface area (Å²) in [6, 6.07) is 8.53. The number of halogens is 1. The van der Waals surface area contributed by atoms with Crippen molar-refractivity contribution in [1.82, 2.24) is 4.90 Å². The normalized spacial score (nSPS) is 10.4. The van der Waals surface area contributed by atoms with E-state index in [1.807, 2.05) is 24.4 Å². The largest absolute Gasteiger partial charge is 0.382 e. The van der Waals surface area contributed by atoms with E-state index in [0.717, 1.165) is 11.3 Å². The van der Waals surface area contributed by atoms with Gasteiger partial charge in [0.1, 0.15) is 5.82 Å². The zero-order chi connectivity index (χ0) is 15.2. The minimum atomic E-state index is -0.390. The van der Waals surface area contributed by atoms with E-state index in [1.54, 1.807) is 35.4 Å². The van der Waals surface area contributed by atoms with Crippen LogP contribution < -0.4 is 5.32 Å². The van der Waals surface area contributed by atoms with Crippen molar-refractivity contribution in [2.45, 2.75) is 19.9 Å². The third-order valence-electron chi connectivity index (χ3n) is 3.12. The van der Waals surface area contributed by atoms with Gasteiger partial charge in [-0.15, -0.1) is 11.3 Å². The summed E-state index contributed by atoms with van der Waals surface area (Å²) < 4.78 is 13.9. The maximum atomic E-state index is 13.9. The zero-order valence-electron chi connectivity index (χ0n) is 12.2. The Labute approximate surface area is 128 Å². The van der Waals surface area contributed by atoms with Gasteiger partial charge in [0.2, 0.25) is 0 Å². The number of hydrogen-bond acceptors (Lipinski definition) is 3. The van der Waals surface area contributed by atoms with E-state index in [0.29, 0.717) is 24.3 Å². The fourth-order valence-corrected chi connectivity index (χ4v) is 2.80. The average Bonchev–Trinajstić information content (AvgIpc) is 2.98. The van der Waals surface area contributed by atoms with E-state index in [9.17, 15) is 9.18 Å². The fourth-order valence-electron chi connectivity index (χ4n) is 2.05. The smallest absolute Gasteiger partial charge is 0.256 e. The molecule has 2 aromatic rings. The molecule has 1 heterocycles. The van der Waals surface area contributed by atoms with Crippen molar-refractivity contribution in [3.8, 4) is 0 Å². The van der Waals surface area contributed by atoms with Gasteiger partial charge in [-0.1, -0.05) is 19.1 Å². The molecule has 1 aromatic carbocycles. The van der Waals surface area contributed by atoms with Gasteiger partial charge in [0, 0.05) is 18.5 Å². The summed E-state index contributed by atoms with van der Waals surface area (Å²) in [5.41, 5.74) is 0.671. The fraction of sp³-hybridized carbons (Fsp3) is 0.312. The molecule has 0 bridgehead atoms. The van der Waals surface area contributed by atoms with Gasteiger partial charge < -0.3 is 10.2 Å². The van der Waals surface area contributed by atoms with Crippen molar-refractivity contribution in [3.05, 3.63) is 52.0 Å². The summed E-state index contributed by atoms with van der Waals surface area (Å²) in [7, 11) is 1.73. The number of hydrogen-bond donors (Lipinski definition) is 1. The molecule has 0 aliphatic rings. The second-order valence-electron chi connectivity index (χ2n) is 4.83. The highest BCUT2D eigenvalue weighted by Crippen LogP contribution is 2.22. The van der Waals surface area contributed by atoms with Crippen LogP contribution in [0.4, 0.5) is 10.1 Å². The Bertz CT molecular complexity index is 598. The topological polar surface area (TPSA) is 32.3 Å². The highest BCUT2D eigenvalue weighted by atomic mass is 32.1. The lowest BCUT2D eigenvalue weighted by Gasteiger charge is -2.19. The van der Waals surface area contributed by atoms with Crippen molar-refractivity contribution < 1.29 is 9.18 Å². The number of thiophene rings is 1. The van der Waals surface area contributed by atoms with Crippen LogP contribution in [-0.4, -0.2) is 24.4 Å². The molecule has 1 aromatic heterocycles. The number of nitrogens with one attached hydrogen (secondary N) is 1. The second kappa shape index (κ2) is 7.22. The van der Waals surface area contributed by atoms with Gasteiger partial charge in [-0.05, 0) is 30.0 Å². The minimum Gasteiger partial charge on any atom is -0.382 e. The van der Waals surface area contributed by atoms with Crippen LogP contribution in [0.3, 0.4) is 0 Å². The molecule has 0 atom stereocenters. The third-order valence-corrected chi connectivity index (χ3v) is 3.98. The van der Waals surface area contributed by atoms with Gasteiger partial charge in [0.05, 0.1) is 17.8 Å². The zero-order valence-corrected chi connectivity index (χ0v) is 13.0. The lowest BCUT2D eigenvalue weighted by molar-refractivity contribution is 0.0787. The first-order valence-electron chi connectivity index (χ1n) is 6.93. The molecule has 112 valence electrons. The van der Waals surface area contributed by atoms with Gasteiger partial charge in [-0.2, -0.15) is 0 Å². The van der Waals surface area contributed by atoms with E-state index in [1.165, 1.54) is 6.07 Å². The summed E-state index contributed by atoms with van der Waals surface area (Å²) >= 11 is 1.60. The number of benzene rings is 1. The van der Waals surface area contributed by atoms with Crippen LogP contribution in [0.1, 0.15) is 28.6 Å². The van der Waals surface area contributed by atoms with Gasteiger partial charge in [0.15, 0.2) is 0 Å². The molecule has 0 saturated carbocycles. The molecule has 0 unspecified atom stereocenters. The van der Waals surface area contributed by atoms with Crippen LogP contribution >= 0.6 is 11.3 Å². The SMILES string of the molecule is CCCNc1c(F)cccc1C(=O)N(C)Cc1cccs1. The van der Waals surface area contributed by atoms with Gasteiger partial charge in [0.25, 0.3) is 5.91 Å². The van der Waals surface area contributed by atoms with Crippen molar-refractivity contribution in [2.24, 2.45) is 0 Å². The van der Waals surface area contributed by atoms with Gasteiger partial charge >= 0.3 is 0 Å². The lowest BCUT2D eigenvalue weighted by Crippen LogP contribution is -2.27. The maximum absolute atomic E-state index is 13.9. The van der Waals surface area contributed by atoms with Crippen LogP contribution in [0.2, 0.25) is 0 Å². The standard InChI is InChI=1S/C16H19FN2OS/c1-3-9-18-15-13(7-4-8-14(15)17)16(20)19(2)11-12-6-5-10-21-12/h4-8,10,18H,3,9,11H2,1-2H3. The first kappa shape index (κ1) is 15.5. The highest BCUT2D eigenvalue weighted by Gasteiger charge is 2.18. The molecular weight excluding hydrogens is 287 g/mol. The number of carbonyl (C=O) groups excluding carboxylic acids is 1. The van der Waals surface area contributed by atoms with Crippen molar-refractivity contribution in [1.29, 1.82) is 0 Å². The Morgan fingerprint density at radius 3 is 2.81 bits per heavy atom. The number of anilines is 1. The molecule has 1 N–H and O–H groups in total. The van der Waals surface area contributed by atoms with E-state index in [-0.39, 0.29) is 11.7 Å². The Kier molecular flexibility index (Phi) is 5.33. The van der Waals surface area contributed by atoms with Crippen LogP contribution in [0.5, 0.6) is 0 Å². The molecule has 0 radical (unpaired) electrons. The van der Waals surface area contributed by atoms with Crippen molar-refractivity contribution in [2.75, 3.05) is 18.9 Å². The monoisotopic (exact) mass is 306 g/mol. The summed E-state index contributed by atoms with van der Waals surface area (Å²) in [6.07, 6.45) is 0.868. The van der Waals surface area contributed by atoms with E-state index in [4.69, 9.17) is 0 Å². The summed E-state index contributed by atoms with van der Waals surface area (Å²) in [5, 5.41) is 4.98. The van der Waals surface area contributed by atoms with Crippen LogP contribution in [-0.2, 0) is 6.54 Å². The Hall–Kier alpha value is -1.88. The van der Waals surface area contributed by atoms with Crippen LogP contribution in [0.15, 0.2) is 35.7 Å². The molecule has 0 aliphatic heterocycles. The lowest BCUT2D eigenvalue weighted by atomic mass is 10.1. The molecular formula is C16H19FN2OS. The molecule has 0 aliphatic carbocycles. The molecule has 0 fully saturated rings. The van der Waals surface area contributed by atoms with Crippen LogP contribution in [0, 0.1) is 5.82 Å². The summed E-state index contributed by atoms with van der Waals surface area (Å²) in [5.74, 6) is -0.569. The number of amides is 1. The summed E-state index contributed by atoms with van der Waals surface area (Å²) in [6.45, 7) is 3.16. The first-order valence-corrected chi connectivity index (χ1v) is 7.81. The Balaban J connectivity index is 2.19.